The maximum absolute atomic E-state index is 11.8. The third-order valence-electron chi connectivity index (χ3n) is 5.37. The molecule has 0 bridgehead atoms. The van der Waals surface area contributed by atoms with Crippen LogP contribution in [0.15, 0.2) is 66.7 Å². The Labute approximate surface area is 245 Å². The first-order chi connectivity index (χ1) is 16.2. The van der Waals surface area contributed by atoms with Crippen LogP contribution < -0.4 is 4.74 Å². The molecule has 3 aromatic carbocycles. The first kappa shape index (κ1) is 27.1. The predicted octanol–water partition coefficient (Wildman–Crippen LogP) is 2.73. The zero-order valence-electron chi connectivity index (χ0n) is 17.8. The van der Waals surface area contributed by atoms with Crippen LogP contribution in [0.5, 0.6) is 6.01 Å². The number of ether oxygens (including phenoxy) is 1. The van der Waals surface area contributed by atoms with E-state index in [1.54, 1.807) is 18.2 Å². The van der Waals surface area contributed by atoms with E-state index in [9.17, 15) is 9.90 Å². The fourth-order valence-corrected chi connectivity index (χ4v) is 3.91. The van der Waals surface area contributed by atoms with Crippen molar-refractivity contribution < 1.29 is 14.6 Å². The van der Waals surface area contributed by atoms with Gasteiger partial charge in [0.1, 0.15) is 0 Å². The van der Waals surface area contributed by atoms with Gasteiger partial charge >= 0.3 is 65.1 Å². The van der Waals surface area contributed by atoms with E-state index < -0.39 is 5.97 Å². The van der Waals surface area contributed by atoms with E-state index in [2.05, 4.69) is 25.6 Å². The Morgan fingerprint density at radius 1 is 1.00 bits per heavy atom. The molecule has 0 saturated heterocycles. The van der Waals surface area contributed by atoms with Crippen LogP contribution in [-0.2, 0) is 6.54 Å². The topological polar surface area (TPSA) is 119 Å². The fraction of sp³-hybridized carbons (Fsp3) is 0.125. The van der Waals surface area contributed by atoms with E-state index >= 15 is 0 Å². The number of aromatic amines is 1. The van der Waals surface area contributed by atoms with Crippen LogP contribution in [0.3, 0.4) is 0 Å². The van der Waals surface area contributed by atoms with Gasteiger partial charge in [-0.2, -0.15) is 4.98 Å². The molecule has 0 atom stereocenters. The Bertz CT molecular complexity index is 1440. The first-order valence-corrected chi connectivity index (χ1v) is 10.4. The minimum atomic E-state index is -1.00. The van der Waals surface area contributed by atoms with Gasteiger partial charge in [-0.25, -0.2) is 9.89 Å². The number of imidazole rings is 1. The Hall–Kier alpha value is -2.53. The van der Waals surface area contributed by atoms with Crippen molar-refractivity contribution in [1.29, 1.82) is 0 Å². The normalized spacial score (nSPS) is 10.4. The summed E-state index contributed by atoms with van der Waals surface area (Å²) in [5.74, 6) is -0.402. The molecule has 9 nitrogen and oxygen atoms in total. The molecule has 35 heavy (non-hydrogen) atoms. The van der Waals surface area contributed by atoms with Crippen LogP contribution in [0.4, 0.5) is 0 Å². The van der Waals surface area contributed by atoms with Crippen molar-refractivity contribution in [1.82, 2.24) is 30.2 Å². The Morgan fingerprint density at radius 3 is 2.40 bits per heavy atom. The number of carboxylic acids is 1. The molecule has 0 fully saturated rings. The monoisotopic (exact) mass is 488 g/mol. The van der Waals surface area contributed by atoms with Crippen LogP contribution in [0.1, 0.15) is 22.8 Å². The molecule has 0 radical (unpaired) electrons. The van der Waals surface area contributed by atoms with Crippen molar-refractivity contribution in [2.24, 2.45) is 0 Å². The Morgan fingerprint density at radius 2 is 1.74 bits per heavy atom. The standard InChI is InChI=1S/C24H20N6O3.2Na.2H/c1-2-33-24-25-20-9-5-8-19(23(31)32)21(20)30(24)14-15-10-12-16(13-11-15)17-6-3-4-7-18(17)22-26-28-29-27-22;;;;/h3-13H,2,14H2,1H3,(H,31,32)(H,26,27,28,29);;;;. The minimum absolute atomic E-state index is 0. The molecule has 2 heterocycles. The van der Waals surface area contributed by atoms with Crippen molar-refractivity contribution in [3.63, 3.8) is 0 Å². The van der Waals surface area contributed by atoms with Gasteiger partial charge in [-0.3, -0.25) is 4.57 Å². The van der Waals surface area contributed by atoms with Gasteiger partial charge in [-0.1, -0.05) is 54.6 Å². The molecule has 2 aromatic heterocycles. The molecular weight excluding hydrogens is 466 g/mol. The van der Waals surface area contributed by atoms with Gasteiger partial charge in [-0.15, -0.1) is 5.10 Å². The number of H-pyrrole nitrogens is 1. The quantitative estimate of drug-likeness (QED) is 0.338. The van der Waals surface area contributed by atoms with Crippen molar-refractivity contribution in [3.05, 3.63) is 77.9 Å². The SMILES string of the molecule is CCOc1nc2cccc(C(=O)O)c2n1Cc1ccc(-c2ccccc2-c2nnn[nH]2)cc1.[NaH].[NaH]. The molecule has 0 aliphatic carbocycles. The Balaban J connectivity index is 0.00000171. The molecule has 168 valence electrons. The summed E-state index contributed by atoms with van der Waals surface area (Å²) in [4.78, 5) is 16.3. The number of aromatic nitrogens is 6. The summed E-state index contributed by atoms with van der Waals surface area (Å²) in [5.41, 5.74) is 5.22. The molecular formula is C24H22N6Na2O3. The first-order valence-electron chi connectivity index (χ1n) is 10.4. The number of benzene rings is 3. The number of aromatic carboxylic acids is 1. The molecule has 0 spiro atoms. The van der Waals surface area contributed by atoms with Crippen molar-refractivity contribution in [2.45, 2.75) is 13.5 Å². The summed E-state index contributed by atoms with van der Waals surface area (Å²) in [6.07, 6.45) is 0. The van der Waals surface area contributed by atoms with E-state index in [0.29, 0.717) is 36.0 Å². The zero-order valence-corrected chi connectivity index (χ0v) is 17.8. The van der Waals surface area contributed by atoms with Crippen LogP contribution in [0, 0.1) is 0 Å². The van der Waals surface area contributed by atoms with Crippen LogP contribution in [0.2, 0.25) is 0 Å². The number of hydrogen-bond acceptors (Lipinski definition) is 6. The van der Waals surface area contributed by atoms with Gasteiger partial charge < -0.3 is 9.84 Å². The van der Waals surface area contributed by atoms with Gasteiger partial charge in [0, 0.05) is 5.56 Å². The second-order valence-electron chi connectivity index (χ2n) is 7.38. The molecule has 0 unspecified atom stereocenters. The van der Waals surface area contributed by atoms with Crippen LogP contribution in [-0.4, -0.2) is 107 Å². The van der Waals surface area contributed by atoms with E-state index in [4.69, 9.17) is 4.74 Å². The number of hydrogen-bond donors (Lipinski definition) is 2. The van der Waals surface area contributed by atoms with Crippen molar-refractivity contribution in [3.8, 4) is 28.5 Å². The van der Waals surface area contributed by atoms with E-state index in [1.165, 1.54) is 0 Å². The second kappa shape index (κ2) is 11.9. The van der Waals surface area contributed by atoms with Gasteiger partial charge in [0.15, 0.2) is 5.82 Å². The van der Waals surface area contributed by atoms with E-state index in [1.807, 2.05) is 60.0 Å². The predicted molar refractivity (Wildman–Crippen MR) is 136 cm³/mol. The van der Waals surface area contributed by atoms with E-state index in [0.717, 1.165) is 22.3 Å². The number of tetrazole rings is 1. The summed E-state index contributed by atoms with van der Waals surface area (Å²) >= 11 is 0. The van der Waals surface area contributed by atoms with Gasteiger partial charge in [-0.05, 0) is 46.2 Å². The van der Waals surface area contributed by atoms with Gasteiger partial charge in [0.25, 0.3) is 6.01 Å². The maximum atomic E-state index is 11.8. The summed E-state index contributed by atoms with van der Waals surface area (Å²) in [5, 5.41) is 23.9. The summed E-state index contributed by atoms with van der Waals surface area (Å²) in [7, 11) is 0. The Kier molecular flexibility index (Phi) is 9.23. The van der Waals surface area contributed by atoms with Crippen molar-refractivity contribution >= 4 is 76.1 Å². The number of nitrogens with zero attached hydrogens (tertiary/aromatic N) is 5. The number of carbonyl (C=O) groups is 1. The number of para-hydroxylation sites is 1. The van der Waals surface area contributed by atoms with Gasteiger partial charge in [0.2, 0.25) is 0 Å². The second-order valence-corrected chi connectivity index (χ2v) is 7.38. The molecule has 0 aliphatic heterocycles. The molecule has 5 rings (SSSR count). The average molecular weight is 488 g/mol. The molecule has 11 heteroatoms. The number of rotatable bonds is 7. The zero-order chi connectivity index (χ0) is 22.8. The number of fused-ring (bicyclic) bond motifs is 1. The third kappa shape index (κ3) is 5.50. The van der Waals surface area contributed by atoms with Crippen LogP contribution >= 0.6 is 0 Å². The number of nitrogens with one attached hydrogen (secondary N) is 1. The van der Waals surface area contributed by atoms with Crippen molar-refractivity contribution in [2.75, 3.05) is 6.61 Å². The molecule has 0 amide bonds. The van der Waals surface area contributed by atoms with Gasteiger partial charge in [0.05, 0.1) is 29.7 Å². The molecule has 0 saturated carbocycles. The van der Waals surface area contributed by atoms with Crippen LogP contribution in [0.25, 0.3) is 33.5 Å². The average Bonchev–Trinajstić information content (AvgIpc) is 3.49. The number of carboxylic acid groups (broad SMARTS) is 1. The molecule has 2 N–H and O–H groups in total. The summed E-state index contributed by atoms with van der Waals surface area (Å²) in [6.45, 7) is 2.72. The summed E-state index contributed by atoms with van der Waals surface area (Å²) < 4.78 is 7.53. The van der Waals surface area contributed by atoms with E-state index in [-0.39, 0.29) is 64.7 Å². The molecule has 5 aromatic rings. The fourth-order valence-electron chi connectivity index (χ4n) is 3.91. The molecule has 0 aliphatic rings. The third-order valence-corrected chi connectivity index (χ3v) is 5.37. The summed E-state index contributed by atoms with van der Waals surface area (Å²) in [6, 6.07) is 21.4.